The number of aryl methyl sites for hydroxylation is 1. The molecular weight excluding hydrogens is 308 g/mol. The van der Waals surface area contributed by atoms with Crippen LogP contribution < -0.4 is 20.1 Å². The Kier molecular flexibility index (Phi) is 4.79. The number of aromatic nitrogens is 2. The highest BCUT2D eigenvalue weighted by atomic mass is 16.6. The van der Waals surface area contributed by atoms with Crippen LogP contribution in [0, 0.1) is 6.92 Å². The average molecular weight is 328 g/mol. The van der Waals surface area contributed by atoms with Crippen molar-refractivity contribution >= 4 is 11.7 Å². The Morgan fingerprint density at radius 2 is 2.00 bits per heavy atom. The van der Waals surface area contributed by atoms with Gasteiger partial charge in [-0.2, -0.15) is 0 Å². The molecule has 0 spiro atoms. The van der Waals surface area contributed by atoms with E-state index in [2.05, 4.69) is 20.6 Å². The molecule has 1 aromatic heterocycles. The fourth-order valence-electron chi connectivity index (χ4n) is 2.51. The quantitative estimate of drug-likeness (QED) is 0.899. The zero-order valence-electron chi connectivity index (χ0n) is 13.7. The number of hydrogen-bond acceptors (Lipinski definition) is 5. The summed E-state index contributed by atoms with van der Waals surface area (Å²) in [6.07, 6.45) is 5.57. The number of anilines is 1. The summed E-state index contributed by atoms with van der Waals surface area (Å²) in [6.45, 7) is 4.89. The number of carbonyl (C=O) groups excluding carboxylic acids is 1. The van der Waals surface area contributed by atoms with Crippen molar-refractivity contribution in [2.45, 2.75) is 26.3 Å². The molecule has 0 fully saturated rings. The van der Waals surface area contributed by atoms with E-state index in [0.29, 0.717) is 36.8 Å². The van der Waals surface area contributed by atoms with Gasteiger partial charge in [-0.3, -0.25) is 9.97 Å². The number of urea groups is 1. The molecule has 0 bridgehead atoms. The third-order valence-corrected chi connectivity index (χ3v) is 3.65. The SMILES string of the molecule is Cc1cc2c(cc1NC(=O)N[C@H](C)Cc1cnccn1)OCCO2. The molecule has 0 radical (unpaired) electrons. The topological polar surface area (TPSA) is 85.4 Å². The summed E-state index contributed by atoms with van der Waals surface area (Å²) < 4.78 is 11.1. The van der Waals surface area contributed by atoms with Crippen molar-refractivity contribution in [2.24, 2.45) is 0 Å². The van der Waals surface area contributed by atoms with Crippen molar-refractivity contribution in [3.05, 3.63) is 42.0 Å². The van der Waals surface area contributed by atoms with Gasteiger partial charge in [-0.15, -0.1) is 0 Å². The van der Waals surface area contributed by atoms with Gasteiger partial charge in [0.1, 0.15) is 13.2 Å². The van der Waals surface area contributed by atoms with Crippen molar-refractivity contribution < 1.29 is 14.3 Å². The molecule has 1 aliphatic rings. The number of hydrogen-bond donors (Lipinski definition) is 2. The highest BCUT2D eigenvalue weighted by molar-refractivity contribution is 5.90. The molecule has 0 saturated carbocycles. The van der Waals surface area contributed by atoms with Crippen LogP contribution in [-0.4, -0.2) is 35.3 Å². The van der Waals surface area contributed by atoms with Gasteiger partial charge in [0.25, 0.3) is 0 Å². The van der Waals surface area contributed by atoms with Crippen LogP contribution in [0.4, 0.5) is 10.5 Å². The summed E-state index contributed by atoms with van der Waals surface area (Å²) in [7, 11) is 0. The van der Waals surface area contributed by atoms with Crippen LogP contribution >= 0.6 is 0 Å². The lowest BCUT2D eigenvalue weighted by Crippen LogP contribution is -2.37. The van der Waals surface area contributed by atoms with Gasteiger partial charge in [0.2, 0.25) is 0 Å². The van der Waals surface area contributed by atoms with Crippen LogP contribution in [-0.2, 0) is 6.42 Å². The molecule has 0 saturated heterocycles. The number of rotatable bonds is 4. The summed E-state index contributed by atoms with van der Waals surface area (Å²) in [4.78, 5) is 20.4. The highest BCUT2D eigenvalue weighted by Crippen LogP contribution is 2.35. The third-order valence-electron chi connectivity index (χ3n) is 3.65. The van der Waals surface area contributed by atoms with Gasteiger partial charge >= 0.3 is 6.03 Å². The summed E-state index contributed by atoms with van der Waals surface area (Å²) >= 11 is 0. The number of amides is 2. The van der Waals surface area contributed by atoms with Crippen molar-refractivity contribution in [1.29, 1.82) is 0 Å². The molecule has 1 aliphatic heterocycles. The minimum Gasteiger partial charge on any atom is -0.486 e. The van der Waals surface area contributed by atoms with Crippen LogP contribution in [0.1, 0.15) is 18.2 Å². The molecule has 2 heterocycles. The van der Waals surface area contributed by atoms with E-state index in [4.69, 9.17) is 9.47 Å². The lowest BCUT2D eigenvalue weighted by Gasteiger charge is -2.21. The van der Waals surface area contributed by atoms with Crippen LogP contribution in [0.2, 0.25) is 0 Å². The van der Waals surface area contributed by atoms with Gasteiger partial charge < -0.3 is 20.1 Å². The predicted octanol–water partition coefficient (Wildman–Crippen LogP) is 2.31. The normalized spacial score (nSPS) is 13.9. The molecule has 1 aromatic carbocycles. The van der Waals surface area contributed by atoms with Gasteiger partial charge in [-0.05, 0) is 25.5 Å². The number of fused-ring (bicyclic) bond motifs is 1. The fourth-order valence-corrected chi connectivity index (χ4v) is 2.51. The summed E-state index contributed by atoms with van der Waals surface area (Å²) in [5, 5.41) is 5.75. The number of ether oxygens (including phenoxy) is 2. The molecule has 7 nitrogen and oxygen atoms in total. The first-order chi connectivity index (χ1) is 11.6. The standard InChI is InChI=1S/C17H20N4O3/c1-11-7-15-16(24-6-5-23-15)9-14(11)21-17(22)20-12(2)8-13-10-18-3-4-19-13/h3-4,7,9-10,12H,5-6,8H2,1-2H3,(H2,20,21,22)/t12-/m1/s1. The molecule has 2 aromatic rings. The van der Waals surface area contributed by atoms with E-state index in [9.17, 15) is 4.79 Å². The van der Waals surface area contributed by atoms with E-state index >= 15 is 0 Å². The Balaban J connectivity index is 1.60. The smallest absolute Gasteiger partial charge is 0.319 e. The first kappa shape index (κ1) is 16.0. The van der Waals surface area contributed by atoms with Crippen LogP contribution in [0.25, 0.3) is 0 Å². The Bertz CT molecular complexity index is 721. The average Bonchev–Trinajstić information content (AvgIpc) is 2.56. The summed E-state index contributed by atoms with van der Waals surface area (Å²) in [5.41, 5.74) is 2.44. The molecular formula is C17H20N4O3. The van der Waals surface area contributed by atoms with E-state index < -0.39 is 0 Å². The fraction of sp³-hybridized carbons (Fsp3) is 0.353. The van der Waals surface area contributed by atoms with Crippen molar-refractivity contribution in [2.75, 3.05) is 18.5 Å². The third kappa shape index (κ3) is 3.92. The molecule has 0 unspecified atom stereocenters. The van der Waals surface area contributed by atoms with E-state index in [-0.39, 0.29) is 12.1 Å². The van der Waals surface area contributed by atoms with Crippen molar-refractivity contribution in [1.82, 2.24) is 15.3 Å². The largest absolute Gasteiger partial charge is 0.486 e. The second-order valence-electron chi connectivity index (χ2n) is 5.71. The molecule has 126 valence electrons. The van der Waals surface area contributed by atoms with E-state index in [1.807, 2.05) is 19.9 Å². The summed E-state index contributed by atoms with van der Waals surface area (Å²) in [5.74, 6) is 1.36. The molecule has 7 heteroatoms. The minimum atomic E-state index is -0.272. The van der Waals surface area contributed by atoms with E-state index in [0.717, 1.165) is 11.3 Å². The molecule has 2 amide bonds. The van der Waals surface area contributed by atoms with Crippen LogP contribution in [0.5, 0.6) is 11.5 Å². The maximum absolute atomic E-state index is 12.2. The number of nitrogens with zero attached hydrogens (tertiary/aromatic N) is 2. The van der Waals surface area contributed by atoms with E-state index in [1.54, 1.807) is 24.7 Å². The zero-order chi connectivity index (χ0) is 16.9. The second-order valence-corrected chi connectivity index (χ2v) is 5.71. The zero-order valence-corrected chi connectivity index (χ0v) is 13.7. The Morgan fingerprint density at radius 3 is 2.71 bits per heavy atom. The van der Waals surface area contributed by atoms with Gasteiger partial charge in [-0.1, -0.05) is 0 Å². The van der Waals surface area contributed by atoms with Crippen LogP contribution in [0.3, 0.4) is 0 Å². The Hall–Kier alpha value is -2.83. The maximum Gasteiger partial charge on any atom is 0.319 e. The Morgan fingerprint density at radius 1 is 1.25 bits per heavy atom. The molecule has 3 rings (SSSR count). The number of nitrogens with one attached hydrogen (secondary N) is 2. The van der Waals surface area contributed by atoms with Crippen molar-refractivity contribution in [3.8, 4) is 11.5 Å². The van der Waals surface area contributed by atoms with Crippen molar-refractivity contribution in [3.63, 3.8) is 0 Å². The molecule has 1 atom stereocenters. The lowest BCUT2D eigenvalue weighted by atomic mass is 10.1. The monoisotopic (exact) mass is 328 g/mol. The number of carbonyl (C=O) groups is 1. The van der Waals surface area contributed by atoms with Gasteiger partial charge in [0.05, 0.1) is 5.69 Å². The summed E-state index contributed by atoms with van der Waals surface area (Å²) in [6, 6.07) is 3.31. The first-order valence-electron chi connectivity index (χ1n) is 7.84. The molecule has 0 aliphatic carbocycles. The number of benzene rings is 1. The minimum absolute atomic E-state index is 0.0702. The van der Waals surface area contributed by atoms with E-state index in [1.165, 1.54) is 0 Å². The maximum atomic E-state index is 12.2. The lowest BCUT2D eigenvalue weighted by molar-refractivity contribution is 0.171. The molecule has 24 heavy (non-hydrogen) atoms. The second kappa shape index (κ2) is 7.16. The van der Waals surface area contributed by atoms with Gasteiger partial charge in [0.15, 0.2) is 11.5 Å². The highest BCUT2D eigenvalue weighted by Gasteiger charge is 2.16. The first-order valence-corrected chi connectivity index (χ1v) is 7.84. The van der Waals surface area contributed by atoms with Gasteiger partial charge in [0, 0.05) is 42.8 Å². The van der Waals surface area contributed by atoms with Gasteiger partial charge in [-0.25, -0.2) is 4.79 Å². The molecule has 2 N–H and O–H groups in total. The van der Waals surface area contributed by atoms with Crippen LogP contribution in [0.15, 0.2) is 30.7 Å². The Labute approximate surface area is 140 Å². The predicted molar refractivity (Wildman–Crippen MR) is 89.5 cm³/mol.